The highest BCUT2D eigenvalue weighted by Crippen LogP contribution is 2.26. The van der Waals surface area contributed by atoms with Crippen molar-refractivity contribution < 1.29 is 4.79 Å². The van der Waals surface area contributed by atoms with Gasteiger partial charge in [0.1, 0.15) is 0 Å². The summed E-state index contributed by atoms with van der Waals surface area (Å²) in [6, 6.07) is 1.93. The quantitative estimate of drug-likeness (QED) is 0.738. The molecule has 0 aliphatic carbocycles. The summed E-state index contributed by atoms with van der Waals surface area (Å²) in [4.78, 5) is 12.5. The number of hydrogen-bond acceptors (Lipinski definition) is 3. The van der Waals surface area contributed by atoms with Gasteiger partial charge in [-0.3, -0.25) is 9.89 Å². The van der Waals surface area contributed by atoms with Gasteiger partial charge in [-0.25, -0.2) is 0 Å². The maximum Gasteiger partial charge on any atom is 0.245 e. The van der Waals surface area contributed by atoms with Crippen LogP contribution in [0.1, 0.15) is 51.6 Å². The zero-order valence-electron chi connectivity index (χ0n) is 11.9. The highest BCUT2D eigenvalue weighted by molar-refractivity contribution is 5.97. The molecule has 2 rings (SSSR count). The lowest BCUT2D eigenvalue weighted by Crippen LogP contribution is -2.50. The van der Waals surface area contributed by atoms with Crippen LogP contribution in [0.15, 0.2) is 6.07 Å². The molecule has 1 aliphatic rings. The maximum absolute atomic E-state index is 12.5. The molecule has 1 atom stereocenters. The summed E-state index contributed by atoms with van der Waals surface area (Å²) in [6.07, 6.45) is 5.89. The Balaban J connectivity index is 2.02. The van der Waals surface area contributed by atoms with Gasteiger partial charge >= 0.3 is 0 Å². The van der Waals surface area contributed by atoms with Gasteiger partial charge in [-0.2, -0.15) is 5.10 Å². The van der Waals surface area contributed by atoms with Gasteiger partial charge in [-0.1, -0.05) is 26.7 Å². The van der Waals surface area contributed by atoms with E-state index in [0.29, 0.717) is 5.82 Å². The molecule has 2 heterocycles. The average Bonchev–Trinajstić information content (AvgIpc) is 3.01. The van der Waals surface area contributed by atoms with Crippen molar-refractivity contribution in [2.75, 3.05) is 11.9 Å². The lowest BCUT2D eigenvalue weighted by Gasteiger charge is -2.27. The molecule has 0 bridgehead atoms. The summed E-state index contributed by atoms with van der Waals surface area (Å²) in [5.74, 6) is 0.694. The Morgan fingerprint density at radius 3 is 2.95 bits per heavy atom. The van der Waals surface area contributed by atoms with Gasteiger partial charge in [0.25, 0.3) is 0 Å². The summed E-state index contributed by atoms with van der Waals surface area (Å²) in [6.45, 7) is 5.16. The first-order chi connectivity index (χ1) is 9.20. The Morgan fingerprint density at radius 1 is 1.47 bits per heavy atom. The Labute approximate surface area is 114 Å². The van der Waals surface area contributed by atoms with Gasteiger partial charge in [-0.15, -0.1) is 0 Å². The topological polar surface area (TPSA) is 69.8 Å². The van der Waals surface area contributed by atoms with E-state index in [1.165, 1.54) is 0 Å². The van der Waals surface area contributed by atoms with Crippen LogP contribution in [-0.4, -0.2) is 28.2 Å². The number of carbonyl (C=O) groups excluding carboxylic acids is 1. The van der Waals surface area contributed by atoms with E-state index in [1.54, 1.807) is 0 Å². The first-order valence-electron chi connectivity index (χ1n) is 7.31. The third-order valence-electron chi connectivity index (χ3n) is 3.75. The van der Waals surface area contributed by atoms with E-state index in [2.05, 4.69) is 34.7 Å². The molecule has 0 saturated carbocycles. The van der Waals surface area contributed by atoms with Crippen molar-refractivity contribution in [3.05, 3.63) is 11.8 Å². The Kier molecular flexibility index (Phi) is 4.58. The molecule has 1 amide bonds. The highest BCUT2D eigenvalue weighted by atomic mass is 16.2. The van der Waals surface area contributed by atoms with Gasteiger partial charge in [0.2, 0.25) is 5.91 Å². The lowest BCUT2D eigenvalue weighted by molar-refractivity contribution is -0.122. The summed E-state index contributed by atoms with van der Waals surface area (Å²) in [7, 11) is 0. The van der Waals surface area contributed by atoms with Crippen molar-refractivity contribution in [3.8, 4) is 0 Å². The van der Waals surface area contributed by atoms with E-state index < -0.39 is 5.54 Å². The minimum atomic E-state index is -0.390. The van der Waals surface area contributed by atoms with E-state index in [9.17, 15) is 4.79 Å². The van der Waals surface area contributed by atoms with Crippen molar-refractivity contribution in [1.82, 2.24) is 15.5 Å². The molecular weight excluding hydrogens is 240 g/mol. The normalized spacial score (nSPS) is 22.6. The molecule has 1 unspecified atom stereocenters. The molecule has 5 nitrogen and oxygen atoms in total. The van der Waals surface area contributed by atoms with Crippen LogP contribution in [0.25, 0.3) is 0 Å². The number of anilines is 1. The van der Waals surface area contributed by atoms with Crippen LogP contribution in [0.3, 0.4) is 0 Å². The minimum absolute atomic E-state index is 0.0569. The lowest BCUT2D eigenvalue weighted by atomic mass is 9.91. The van der Waals surface area contributed by atoms with Crippen molar-refractivity contribution in [3.63, 3.8) is 0 Å². The number of nitrogens with zero attached hydrogens (tertiary/aromatic N) is 1. The van der Waals surface area contributed by atoms with Crippen LogP contribution < -0.4 is 10.6 Å². The highest BCUT2D eigenvalue weighted by Gasteiger charge is 2.40. The summed E-state index contributed by atoms with van der Waals surface area (Å²) in [5, 5.41) is 13.4. The first-order valence-corrected chi connectivity index (χ1v) is 7.31. The molecule has 19 heavy (non-hydrogen) atoms. The number of aromatic amines is 1. The molecule has 0 aromatic carbocycles. The average molecular weight is 264 g/mol. The molecule has 1 fully saturated rings. The number of aryl methyl sites for hydroxylation is 1. The second kappa shape index (κ2) is 6.19. The standard InChI is InChI=1S/C14H24N4O/c1-3-6-11-10-12(18-17-11)16-13(19)14(7-4-2)8-5-9-15-14/h10,15H,3-9H2,1-2H3,(H2,16,17,18,19). The van der Waals surface area contributed by atoms with Gasteiger partial charge in [0, 0.05) is 11.8 Å². The Morgan fingerprint density at radius 2 is 2.32 bits per heavy atom. The van der Waals surface area contributed by atoms with Crippen LogP contribution in [0.4, 0.5) is 5.82 Å². The van der Waals surface area contributed by atoms with Crippen LogP contribution in [0, 0.1) is 0 Å². The van der Waals surface area contributed by atoms with Crippen LogP contribution >= 0.6 is 0 Å². The van der Waals surface area contributed by atoms with E-state index in [0.717, 1.165) is 50.8 Å². The largest absolute Gasteiger partial charge is 0.308 e. The smallest absolute Gasteiger partial charge is 0.245 e. The number of rotatable bonds is 6. The number of amides is 1. The molecule has 3 N–H and O–H groups in total. The molecule has 1 aromatic heterocycles. The predicted molar refractivity (Wildman–Crippen MR) is 76.1 cm³/mol. The number of H-pyrrole nitrogens is 1. The molecule has 1 aromatic rings. The molecule has 106 valence electrons. The second-order valence-electron chi connectivity index (χ2n) is 5.34. The Hall–Kier alpha value is -1.36. The van der Waals surface area contributed by atoms with Crippen molar-refractivity contribution in [2.24, 2.45) is 0 Å². The maximum atomic E-state index is 12.5. The van der Waals surface area contributed by atoms with Crippen molar-refractivity contribution >= 4 is 11.7 Å². The molecule has 5 heteroatoms. The molecule has 0 spiro atoms. The number of aromatic nitrogens is 2. The van der Waals surface area contributed by atoms with Gasteiger partial charge < -0.3 is 10.6 Å². The SMILES string of the molecule is CCCc1cc(NC(=O)C2(CCC)CCCN2)n[nH]1. The summed E-state index contributed by atoms with van der Waals surface area (Å²) in [5.41, 5.74) is 0.681. The fourth-order valence-corrected chi connectivity index (χ4v) is 2.81. The third-order valence-corrected chi connectivity index (χ3v) is 3.75. The molecule has 1 saturated heterocycles. The van der Waals surface area contributed by atoms with Gasteiger partial charge in [-0.05, 0) is 32.2 Å². The third kappa shape index (κ3) is 3.15. The predicted octanol–water partition coefficient (Wildman–Crippen LogP) is 2.22. The monoisotopic (exact) mass is 264 g/mol. The van der Waals surface area contributed by atoms with E-state index in [-0.39, 0.29) is 5.91 Å². The van der Waals surface area contributed by atoms with Crippen molar-refractivity contribution in [2.45, 2.75) is 57.9 Å². The van der Waals surface area contributed by atoms with Gasteiger partial charge in [0.15, 0.2) is 5.82 Å². The number of carbonyl (C=O) groups is 1. The van der Waals surface area contributed by atoms with Gasteiger partial charge in [0.05, 0.1) is 5.54 Å². The zero-order valence-corrected chi connectivity index (χ0v) is 11.9. The van der Waals surface area contributed by atoms with Crippen LogP contribution in [0.2, 0.25) is 0 Å². The molecule has 0 radical (unpaired) electrons. The molecular formula is C14H24N4O. The summed E-state index contributed by atoms with van der Waals surface area (Å²) >= 11 is 0. The fourth-order valence-electron chi connectivity index (χ4n) is 2.81. The number of nitrogens with one attached hydrogen (secondary N) is 3. The fraction of sp³-hybridized carbons (Fsp3) is 0.714. The number of hydrogen-bond donors (Lipinski definition) is 3. The minimum Gasteiger partial charge on any atom is -0.308 e. The zero-order chi connectivity index (χ0) is 13.7. The Bertz CT molecular complexity index is 421. The van der Waals surface area contributed by atoms with Crippen molar-refractivity contribution in [1.29, 1.82) is 0 Å². The van der Waals surface area contributed by atoms with E-state index in [1.807, 2.05) is 6.07 Å². The van der Waals surface area contributed by atoms with Crippen LogP contribution in [0.5, 0.6) is 0 Å². The molecule has 1 aliphatic heterocycles. The second-order valence-corrected chi connectivity index (χ2v) is 5.34. The summed E-state index contributed by atoms with van der Waals surface area (Å²) < 4.78 is 0. The van der Waals surface area contributed by atoms with E-state index in [4.69, 9.17) is 0 Å². The van der Waals surface area contributed by atoms with Crippen LogP contribution in [-0.2, 0) is 11.2 Å². The first kappa shape index (κ1) is 14.1. The van der Waals surface area contributed by atoms with E-state index >= 15 is 0 Å².